The lowest BCUT2D eigenvalue weighted by Gasteiger charge is -2.12. The molecule has 5 heteroatoms. The van der Waals surface area contributed by atoms with Crippen LogP contribution in [0.1, 0.15) is 24.7 Å². The van der Waals surface area contributed by atoms with Crippen LogP contribution in [0.3, 0.4) is 0 Å². The van der Waals surface area contributed by atoms with Gasteiger partial charge in [-0.05, 0) is 36.2 Å². The maximum atomic E-state index is 12.2. The fraction of sp³-hybridized carbons (Fsp3) is 0.667. The molecule has 1 aliphatic heterocycles. The lowest BCUT2D eigenvalue weighted by molar-refractivity contribution is -0.123. The van der Waals surface area contributed by atoms with Crippen molar-refractivity contribution in [2.75, 3.05) is 6.61 Å². The van der Waals surface area contributed by atoms with Gasteiger partial charge >= 0.3 is 0 Å². The summed E-state index contributed by atoms with van der Waals surface area (Å²) in [4.78, 5) is 12.2. The first-order chi connectivity index (χ1) is 8.00. The minimum Gasteiger partial charge on any atom is -0.378 e. The molecule has 0 aromatic carbocycles. The Labute approximate surface area is 109 Å². The van der Waals surface area contributed by atoms with Crippen LogP contribution in [0, 0.1) is 12.8 Å². The number of nitrogens with zero attached hydrogens (tertiary/aromatic N) is 2. The van der Waals surface area contributed by atoms with Crippen LogP contribution in [0.25, 0.3) is 0 Å². The molecule has 1 aliphatic rings. The van der Waals surface area contributed by atoms with Gasteiger partial charge in [0.15, 0.2) is 0 Å². The van der Waals surface area contributed by atoms with Gasteiger partial charge in [0.25, 0.3) is 0 Å². The number of carbonyl (C=O) groups is 1. The fourth-order valence-electron chi connectivity index (χ4n) is 2.32. The second-order valence-corrected chi connectivity index (χ2v) is 5.38. The number of rotatable bonds is 3. The van der Waals surface area contributed by atoms with Crippen LogP contribution in [0.5, 0.6) is 0 Å². The maximum absolute atomic E-state index is 12.2. The van der Waals surface area contributed by atoms with E-state index in [0.29, 0.717) is 13.0 Å². The molecule has 17 heavy (non-hydrogen) atoms. The summed E-state index contributed by atoms with van der Waals surface area (Å²) in [7, 11) is 1.87. The molecule has 0 amide bonds. The van der Waals surface area contributed by atoms with Crippen LogP contribution in [0.4, 0.5) is 0 Å². The van der Waals surface area contributed by atoms with E-state index in [9.17, 15) is 4.79 Å². The third-order valence-corrected chi connectivity index (χ3v) is 4.42. The summed E-state index contributed by atoms with van der Waals surface area (Å²) < 4.78 is 8.15. The molecule has 2 heterocycles. The fourth-order valence-corrected chi connectivity index (χ4v) is 2.80. The third-order valence-electron chi connectivity index (χ3n) is 3.39. The first-order valence-corrected chi connectivity index (χ1v) is 6.62. The monoisotopic (exact) mass is 300 g/mol. The molecule has 2 atom stereocenters. The van der Waals surface area contributed by atoms with E-state index >= 15 is 0 Å². The van der Waals surface area contributed by atoms with Gasteiger partial charge < -0.3 is 4.74 Å². The molecule has 2 unspecified atom stereocenters. The predicted molar refractivity (Wildman–Crippen MR) is 67.9 cm³/mol. The van der Waals surface area contributed by atoms with Crippen LogP contribution in [0.2, 0.25) is 0 Å². The van der Waals surface area contributed by atoms with E-state index in [1.165, 1.54) is 0 Å². The van der Waals surface area contributed by atoms with Crippen molar-refractivity contribution >= 4 is 21.7 Å². The molecule has 1 saturated heterocycles. The lowest BCUT2D eigenvalue weighted by atomic mass is 9.94. The Bertz CT molecular complexity index is 442. The number of hydrogen-bond acceptors (Lipinski definition) is 3. The first-order valence-electron chi connectivity index (χ1n) is 5.83. The van der Waals surface area contributed by atoms with E-state index in [2.05, 4.69) is 21.0 Å². The molecule has 1 aromatic heterocycles. The van der Waals surface area contributed by atoms with E-state index in [1.54, 1.807) is 4.68 Å². The van der Waals surface area contributed by atoms with Crippen LogP contribution < -0.4 is 0 Å². The highest BCUT2D eigenvalue weighted by molar-refractivity contribution is 9.10. The molecule has 0 bridgehead atoms. The van der Waals surface area contributed by atoms with Crippen molar-refractivity contribution < 1.29 is 9.53 Å². The Hall–Kier alpha value is -0.680. The van der Waals surface area contributed by atoms with Crippen LogP contribution in [0.15, 0.2) is 4.47 Å². The zero-order chi connectivity index (χ0) is 12.6. The van der Waals surface area contributed by atoms with Crippen molar-refractivity contribution in [1.82, 2.24) is 9.78 Å². The molecular formula is C12H17BrN2O2. The van der Waals surface area contributed by atoms with Gasteiger partial charge in [-0.1, -0.05) is 0 Å². The van der Waals surface area contributed by atoms with E-state index in [4.69, 9.17) is 4.74 Å². The molecule has 0 N–H and O–H groups in total. The first kappa shape index (κ1) is 12.8. The molecule has 94 valence electrons. The minimum atomic E-state index is 0.0390. The van der Waals surface area contributed by atoms with Crippen molar-refractivity contribution in [1.29, 1.82) is 0 Å². The number of halogens is 1. The summed E-state index contributed by atoms with van der Waals surface area (Å²) >= 11 is 3.49. The van der Waals surface area contributed by atoms with Gasteiger partial charge in [0, 0.05) is 26.0 Å². The van der Waals surface area contributed by atoms with E-state index < -0.39 is 0 Å². The quantitative estimate of drug-likeness (QED) is 0.858. The molecule has 2 rings (SSSR count). The highest BCUT2D eigenvalue weighted by Crippen LogP contribution is 2.26. The van der Waals surface area contributed by atoms with Gasteiger partial charge in [0.2, 0.25) is 0 Å². The van der Waals surface area contributed by atoms with Crippen molar-refractivity contribution in [2.45, 2.75) is 32.8 Å². The number of ketones is 1. The van der Waals surface area contributed by atoms with Gasteiger partial charge in [0.05, 0.1) is 22.0 Å². The van der Waals surface area contributed by atoms with Crippen molar-refractivity contribution in [3.8, 4) is 0 Å². The highest BCUT2D eigenvalue weighted by atomic mass is 79.9. The van der Waals surface area contributed by atoms with Gasteiger partial charge in [-0.3, -0.25) is 9.48 Å². The van der Waals surface area contributed by atoms with Gasteiger partial charge in [-0.2, -0.15) is 5.10 Å². The average molecular weight is 301 g/mol. The predicted octanol–water partition coefficient (Wildman–Crippen LogP) is 2.03. The average Bonchev–Trinajstić information content (AvgIpc) is 2.78. The summed E-state index contributed by atoms with van der Waals surface area (Å²) in [6, 6.07) is 0. The standard InChI is InChI=1S/C12H17BrN2O2/c1-7-12(13)10(15(3)14-7)6-11(16)9-4-5-17-8(9)2/h8-9H,4-6H2,1-3H3. The van der Waals surface area contributed by atoms with Crippen LogP contribution >= 0.6 is 15.9 Å². The number of Topliss-reactive ketones (excluding diaryl/α,β-unsaturated/α-hetero) is 1. The molecule has 4 nitrogen and oxygen atoms in total. The number of aryl methyl sites for hydroxylation is 2. The summed E-state index contributed by atoms with van der Waals surface area (Å²) in [6.45, 7) is 4.60. The largest absolute Gasteiger partial charge is 0.378 e. The summed E-state index contributed by atoms with van der Waals surface area (Å²) in [5.41, 5.74) is 1.87. The molecular weight excluding hydrogens is 284 g/mol. The summed E-state index contributed by atoms with van der Waals surface area (Å²) in [5, 5.41) is 4.30. The topological polar surface area (TPSA) is 44.1 Å². The lowest BCUT2D eigenvalue weighted by Crippen LogP contribution is -2.24. The second-order valence-electron chi connectivity index (χ2n) is 4.58. The Balaban J connectivity index is 2.13. The van der Waals surface area contributed by atoms with Crippen molar-refractivity contribution in [3.63, 3.8) is 0 Å². The zero-order valence-electron chi connectivity index (χ0n) is 10.4. The Morgan fingerprint density at radius 3 is 2.82 bits per heavy atom. The Morgan fingerprint density at radius 1 is 1.65 bits per heavy atom. The summed E-state index contributed by atoms with van der Waals surface area (Å²) in [6.07, 6.45) is 1.32. The summed E-state index contributed by atoms with van der Waals surface area (Å²) in [5.74, 6) is 0.288. The maximum Gasteiger partial charge on any atom is 0.144 e. The second kappa shape index (κ2) is 4.90. The molecule has 0 aliphatic carbocycles. The number of aromatic nitrogens is 2. The van der Waals surface area contributed by atoms with E-state index in [0.717, 1.165) is 22.3 Å². The number of hydrogen-bond donors (Lipinski definition) is 0. The zero-order valence-corrected chi connectivity index (χ0v) is 12.0. The normalized spacial score (nSPS) is 24.2. The molecule has 0 spiro atoms. The Morgan fingerprint density at radius 2 is 2.35 bits per heavy atom. The molecule has 1 fully saturated rings. The number of ether oxygens (including phenoxy) is 1. The van der Waals surface area contributed by atoms with Gasteiger partial charge in [-0.25, -0.2) is 0 Å². The smallest absolute Gasteiger partial charge is 0.144 e. The molecule has 1 aromatic rings. The van der Waals surface area contributed by atoms with E-state index in [-0.39, 0.29) is 17.8 Å². The third kappa shape index (κ3) is 2.45. The number of carbonyl (C=O) groups excluding carboxylic acids is 1. The Kier molecular flexibility index (Phi) is 3.68. The minimum absolute atomic E-state index is 0.0390. The van der Waals surface area contributed by atoms with Gasteiger partial charge in [0.1, 0.15) is 5.78 Å². The molecule has 0 saturated carbocycles. The van der Waals surface area contributed by atoms with Crippen molar-refractivity contribution in [2.24, 2.45) is 13.0 Å². The highest BCUT2D eigenvalue weighted by Gasteiger charge is 2.31. The van der Waals surface area contributed by atoms with Gasteiger partial charge in [-0.15, -0.1) is 0 Å². The van der Waals surface area contributed by atoms with Crippen LogP contribution in [-0.2, 0) is 23.0 Å². The van der Waals surface area contributed by atoms with Crippen molar-refractivity contribution in [3.05, 3.63) is 15.9 Å². The van der Waals surface area contributed by atoms with E-state index in [1.807, 2.05) is 20.9 Å². The molecule has 0 radical (unpaired) electrons. The SMILES string of the molecule is Cc1nn(C)c(CC(=O)C2CCOC2C)c1Br. The van der Waals surface area contributed by atoms with Crippen LogP contribution in [-0.4, -0.2) is 28.3 Å².